The molecular formula is C27H25N3O4S. The molecule has 0 heterocycles. The van der Waals surface area contributed by atoms with E-state index in [9.17, 15) is 13.2 Å². The highest BCUT2D eigenvalue weighted by molar-refractivity contribution is 7.89. The number of hydrazone groups is 1. The number of ether oxygens (including phenoxy) is 1. The Morgan fingerprint density at radius 1 is 0.914 bits per heavy atom. The Hall–Kier alpha value is -4.01. The molecular weight excluding hydrogens is 462 g/mol. The van der Waals surface area contributed by atoms with Crippen LogP contribution in [0.5, 0.6) is 5.75 Å². The molecule has 0 saturated carbocycles. The molecule has 8 heteroatoms. The van der Waals surface area contributed by atoms with Crippen molar-refractivity contribution in [3.05, 3.63) is 108 Å². The van der Waals surface area contributed by atoms with Gasteiger partial charge in [0.25, 0.3) is 5.91 Å². The molecule has 1 N–H and O–H groups in total. The van der Waals surface area contributed by atoms with E-state index in [0.717, 1.165) is 32.0 Å². The van der Waals surface area contributed by atoms with Crippen molar-refractivity contribution in [2.45, 2.75) is 11.5 Å². The topological polar surface area (TPSA) is 88.1 Å². The van der Waals surface area contributed by atoms with Gasteiger partial charge in [-0.3, -0.25) is 4.79 Å². The Bertz CT molecular complexity index is 1440. The first-order valence-corrected chi connectivity index (χ1v) is 12.4. The summed E-state index contributed by atoms with van der Waals surface area (Å²) in [5.41, 5.74) is 4.21. The zero-order chi connectivity index (χ0) is 24.7. The monoisotopic (exact) mass is 487 g/mol. The number of carbonyl (C=O) groups excluding carboxylic acids is 1. The molecule has 0 unspecified atom stereocenters. The summed E-state index contributed by atoms with van der Waals surface area (Å²) < 4.78 is 32.5. The number of sulfonamides is 1. The normalized spacial score (nSPS) is 11.7. The highest BCUT2D eigenvalue weighted by Crippen LogP contribution is 2.21. The molecule has 35 heavy (non-hydrogen) atoms. The predicted octanol–water partition coefficient (Wildman–Crippen LogP) is 4.19. The number of rotatable bonds is 9. The summed E-state index contributed by atoms with van der Waals surface area (Å²) in [7, 11) is -2.46. The van der Waals surface area contributed by atoms with E-state index in [2.05, 4.69) is 10.5 Å². The van der Waals surface area contributed by atoms with Crippen molar-refractivity contribution >= 4 is 32.9 Å². The van der Waals surface area contributed by atoms with Gasteiger partial charge in [-0.2, -0.15) is 9.41 Å². The first kappa shape index (κ1) is 24.1. The lowest BCUT2D eigenvalue weighted by atomic mass is 10.1. The van der Waals surface area contributed by atoms with Crippen LogP contribution in [0.3, 0.4) is 0 Å². The number of hydrogen-bond acceptors (Lipinski definition) is 5. The summed E-state index contributed by atoms with van der Waals surface area (Å²) >= 11 is 0. The first-order chi connectivity index (χ1) is 16.9. The van der Waals surface area contributed by atoms with Gasteiger partial charge >= 0.3 is 0 Å². The fraction of sp³-hybridized carbons (Fsp3) is 0.111. The molecule has 7 nitrogen and oxygen atoms in total. The second kappa shape index (κ2) is 10.9. The average Bonchev–Trinajstić information content (AvgIpc) is 2.88. The smallest absolute Gasteiger partial charge is 0.255 e. The largest absolute Gasteiger partial charge is 0.489 e. The fourth-order valence-electron chi connectivity index (χ4n) is 3.40. The van der Waals surface area contributed by atoms with E-state index in [0.29, 0.717) is 6.61 Å². The maximum absolute atomic E-state index is 12.9. The third kappa shape index (κ3) is 6.32. The maximum atomic E-state index is 12.9. The quantitative estimate of drug-likeness (QED) is 0.283. The van der Waals surface area contributed by atoms with Crippen LogP contribution in [0.2, 0.25) is 0 Å². The Labute approximate surface area is 204 Å². The summed E-state index contributed by atoms with van der Waals surface area (Å²) in [5, 5.41) is 5.68. The van der Waals surface area contributed by atoms with E-state index in [4.69, 9.17) is 4.74 Å². The Kier molecular flexibility index (Phi) is 7.54. The number of hydrogen-bond donors (Lipinski definition) is 1. The minimum atomic E-state index is -3.83. The van der Waals surface area contributed by atoms with Crippen molar-refractivity contribution in [1.82, 2.24) is 9.73 Å². The highest BCUT2D eigenvalue weighted by Gasteiger charge is 2.23. The molecule has 4 rings (SSSR count). The van der Waals surface area contributed by atoms with Gasteiger partial charge in [-0.15, -0.1) is 0 Å². The van der Waals surface area contributed by atoms with Crippen LogP contribution in [0.4, 0.5) is 0 Å². The van der Waals surface area contributed by atoms with Crippen molar-refractivity contribution < 1.29 is 17.9 Å². The molecule has 0 atom stereocenters. The third-order valence-corrected chi connectivity index (χ3v) is 7.13. The summed E-state index contributed by atoms with van der Waals surface area (Å²) in [6, 6.07) is 29.5. The van der Waals surface area contributed by atoms with E-state index in [-0.39, 0.29) is 11.4 Å². The Morgan fingerprint density at radius 3 is 2.34 bits per heavy atom. The van der Waals surface area contributed by atoms with Crippen LogP contribution in [0.15, 0.2) is 107 Å². The van der Waals surface area contributed by atoms with Crippen LogP contribution in [0, 0.1) is 0 Å². The number of fused-ring (bicyclic) bond motifs is 1. The van der Waals surface area contributed by atoms with E-state index < -0.39 is 15.9 Å². The van der Waals surface area contributed by atoms with Crippen molar-refractivity contribution in [2.24, 2.45) is 5.10 Å². The molecule has 0 aliphatic carbocycles. The molecule has 0 aliphatic heterocycles. The van der Waals surface area contributed by atoms with Gasteiger partial charge in [-0.05, 0) is 58.3 Å². The molecule has 0 aromatic heterocycles. The van der Waals surface area contributed by atoms with Crippen LogP contribution < -0.4 is 10.2 Å². The number of likely N-dealkylation sites (N-methyl/N-ethyl adjacent to an activating group) is 1. The van der Waals surface area contributed by atoms with Gasteiger partial charge in [0.2, 0.25) is 10.0 Å². The van der Waals surface area contributed by atoms with Crippen molar-refractivity contribution in [3.8, 4) is 5.75 Å². The van der Waals surface area contributed by atoms with Crippen LogP contribution in [0.1, 0.15) is 11.1 Å². The molecule has 0 spiro atoms. The van der Waals surface area contributed by atoms with Crippen molar-refractivity contribution in [2.75, 3.05) is 13.6 Å². The Balaban J connectivity index is 1.29. The van der Waals surface area contributed by atoms with Gasteiger partial charge in [0.05, 0.1) is 17.7 Å². The molecule has 178 valence electrons. The molecule has 0 bridgehead atoms. The van der Waals surface area contributed by atoms with Gasteiger partial charge in [0.15, 0.2) is 0 Å². The molecule has 0 fully saturated rings. The molecule has 4 aromatic rings. The molecule has 0 aliphatic rings. The van der Waals surface area contributed by atoms with Gasteiger partial charge in [0.1, 0.15) is 12.4 Å². The van der Waals surface area contributed by atoms with Crippen molar-refractivity contribution in [3.63, 3.8) is 0 Å². The Morgan fingerprint density at radius 2 is 1.60 bits per heavy atom. The number of carbonyl (C=O) groups is 1. The first-order valence-electron chi connectivity index (χ1n) is 11.0. The minimum Gasteiger partial charge on any atom is -0.489 e. The average molecular weight is 488 g/mol. The number of benzene rings is 4. The number of nitrogens with zero attached hydrogens (tertiary/aromatic N) is 2. The lowest BCUT2D eigenvalue weighted by Crippen LogP contribution is -2.36. The maximum Gasteiger partial charge on any atom is 0.255 e. The van der Waals surface area contributed by atoms with Gasteiger partial charge < -0.3 is 4.74 Å². The zero-order valence-electron chi connectivity index (χ0n) is 19.2. The molecule has 4 aromatic carbocycles. The summed E-state index contributed by atoms with van der Waals surface area (Å²) in [6.07, 6.45) is 1.48. The van der Waals surface area contributed by atoms with E-state index in [1.54, 1.807) is 12.1 Å². The summed E-state index contributed by atoms with van der Waals surface area (Å²) in [4.78, 5) is 12.4. The highest BCUT2D eigenvalue weighted by atomic mass is 32.2. The summed E-state index contributed by atoms with van der Waals surface area (Å²) in [5.74, 6) is 0.173. The van der Waals surface area contributed by atoms with Gasteiger partial charge in [0, 0.05) is 7.05 Å². The number of nitrogens with one attached hydrogen (secondary N) is 1. The van der Waals surface area contributed by atoms with Crippen molar-refractivity contribution in [1.29, 1.82) is 0 Å². The molecule has 1 amide bonds. The standard InChI is InChI=1S/C27H25N3O4S/c1-30(35(32,33)26-16-13-23-9-5-6-10-24(23)17-26)19-27(31)29-28-18-21-11-14-25(15-12-21)34-20-22-7-3-2-4-8-22/h2-18H,19-20H2,1H3,(H,29,31)/b28-18-. The minimum absolute atomic E-state index is 0.129. The van der Waals surface area contributed by atoms with E-state index in [1.165, 1.54) is 19.3 Å². The molecule has 0 radical (unpaired) electrons. The fourth-order valence-corrected chi connectivity index (χ4v) is 4.56. The van der Waals surface area contributed by atoms with Crippen LogP contribution >= 0.6 is 0 Å². The SMILES string of the molecule is CN(CC(=O)N/N=C\c1ccc(OCc2ccccc2)cc1)S(=O)(=O)c1ccc2ccccc2c1. The molecule has 0 saturated heterocycles. The lowest BCUT2D eigenvalue weighted by molar-refractivity contribution is -0.121. The number of amides is 1. The second-order valence-electron chi connectivity index (χ2n) is 7.91. The third-order valence-electron chi connectivity index (χ3n) is 5.33. The second-order valence-corrected chi connectivity index (χ2v) is 9.95. The van der Waals surface area contributed by atoms with Crippen LogP contribution in [-0.2, 0) is 21.4 Å². The van der Waals surface area contributed by atoms with Gasteiger partial charge in [-0.1, -0.05) is 60.7 Å². The predicted molar refractivity (Wildman–Crippen MR) is 137 cm³/mol. The van der Waals surface area contributed by atoms with E-state index in [1.807, 2.05) is 78.9 Å². The van der Waals surface area contributed by atoms with Crippen LogP contribution in [0.25, 0.3) is 10.8 Å². The van der Waals surface area contributed by atoms with E-state index >= 15 is 0 Å². The lowest BCUT2D eigenvalue weighted by Gasteiger charge is -2.16. The summed E-state index contributed by atoms with van der Waals surface area (Å²) in [6.45, 7) is 0.110. The zero-order valence-corrected chi connectivity index (χ0v) is 20.0. The van der Waals surface area contributed by atoms with Crippen LogP contribution in [-0.4, -0.2) is 38.4 Å². The van der Waals surface area contributed by atoms with Gasteiger partial charge in [-0.25, -0.2) is 13.8 Å².